The third-order valence-corrected chi connectivity index (χ3v) is 4.63. The van der Waals surface area contributed by atoms with E-state index in [0.717, 1.165) is 0 Å². The summed E-state index contributed by atoms with van der Waals surface area (Å²) in [5.74, 6) is -1.24. The summed E-state index contributed by atoms with van der Waals surface area (Å²) in [4.78, 5) is 14.2. The van der Waals surface area contributed by atoms with Gasteiger partial charge in [0.05, 0.1) is 11.6 Å². The van der Waals surface area contributed by atoms with Crippen molar-refractivity contribution >= 4 is 11.5 Å². The van der Waals surface area contributed by atoms with Gasteiger partial charge in [0.2, 0.25) is 5.91 Å². The molecule has 1 aliphatic rings. The van der Waals surface area contributed by atoms with Crippen LogP contribution in [-0.4, -0.2) is 23.0 Å². The summed E-state index contributed by atoms with van der Waals surface area (Å²) in [5.41, 5.74) is -0.786. The number of benzene rings is 2. The van der Waals surface area contributed by atoms with E-state index in [1.54, 1.807) is 25.1 Å². The van der Waals surface area contributed by atoms with Gasteiger partial charge in [-0.3, -0.25) is 4.79 Å². The molecule has 27 heavy (non-hydrogen) atoms. The summed E-state index contributed by atoms with van der Waals surface area (Å²) in [5, 5.41) is 0. The van der Waals surface area contributed by atoms with Crippen molar-refractivity contribution in [3.8, 4) is 0 Å². The average molecular weight is 377 g/mol. The van der Waals surface area contributed by atoms with Gasteiger partial charge in [-0.2, -0.15) is 13.2 Å². The fourth-order valence-corrected chi connectivity index (χ4v) is 3.15. The van der Waals surface area contributed by atoms with E-state index < -0.39 is 29.5 Å². The molecule has 3 rings (SSSR count). The Morgan fingerprint density at radius 3 is 2.22 bits per heavy atom. The van der Waals surface area contributed by atoms with Crippen molar-refractivity contribution in [2.75, 3.05) is 0 Å². The molecule has 0 spiro atoms. The molecule has 2 aromatic rings. The molecule has 0 N–H and O–H groups in total. The molecule has 0 heterocycles. The van der Waals surface area contributed by atoms with Crippen molar-refractivity contribution in [3.05, 3.63) is 77.6 Å². The Balaban J connectivity index is 1.97. The highest BCUT2D eigenvalue weighted by Crippen LogP contribution is 2.38. The summed E-state index contributed by atoms with van der Waals surface area (Å²) in [7, 11) is 0. The van der Waals surface area contributed by atoms with Crippen LogP contribution in [0.15, 0.2) is 60.7 Å². The lowest BCUT2D eigenvalue weighted by Gasteiger charge is -2.29. The van der Waals surface area contributed by atoms with Gasteiger partial charge in [0.25, 0.3) is 0 Å². The Hall–Kier alpha value is -2.63. The smallest absolute Gasteiger partial charge is 0.329 e. The Bertz CT molecular complexity index is 841. The van der Waals surface area contributed by atoms with E-state index >= 15 is 0 Å². The molecule has 1 saturated carbocycles. The van der Waals surface area contributed by atoms with E-state index in [1.807, 2.05) is 0 Å². The SMILES string of the molecule is CC(c1ccccc1F)N(C(=O)/C=C(/c1ccccc1)C(F)(F)F)C1CC1. The summed E-state index contributed by atoms with van der Waals surface area (Å²) in [6.45, 7) is 1.64. The second-order valence-corrected chi connectivity index (χ2v) is 6.60. The number of rotatable bonds is 5. The summed E-state index contributed by atoms with van der Waals surface area (Å²) < 4.78 is 54.7. The Morgan fingerprint density at radius 2 is 1.67 bits per heavy atom. The molecule has 0 aliphatic heterocycles. The van der Waals surface area contributed by atoms with Crippen molar-refractivity contribution in [3.63, 3.8) is 0 Å². The highest BCUT2D eigenvalue weighted by atomic mass is 19.4. The summed E-state index contributed by atoms with van der Waals surface area (Å²) >= 11 is 0. The first-order chi connectivity index (χ1) is 12.8. The molecule has 2 nitrogen and oxygen atoms in total. The van der Waals surface area contributed by atoms with E-state index in [0.29, 0.717) is 24.5 Å². The lowest BCUT2D eigenvalue weighted by atomic mass is 10.0. The first-order valence-electron chi connectivity index (χ1n) is 8.70. The first kappa shape index (κ1) is 19.1. The van der Waals surface area contributed by atoms with Crippen LogP contribution in [0.2, 0.25) is 0 Å². The maximum atomic E-state index is 14.1. The number of carbonyl (C=O) groups excluding carboxylic acids is 1. The lowest BCUT2D eigenvalue weighted by Crippen LogP contribution is -2.35. The second-order valence-electron chi connectivity index (χ2n) is 6.60. The Morgan fingerprint density at radius 1 is 1.07 bits per heavy atom. The monoisotopic (exact) mass is 377 g/mol. The van der Waals surface area contributed by atoms with Gasteiger partial charge in [0.15, 0.2) is 0 Å². The van der Waals surface area contributed by atoms with Gasteiger partial charge in [0, 0.05) is 17.7 Å². The number of hydrogen-bond donors (Lipinski definition) is 0. The van der Waals surface area contributed by atoms with Gasteiger partial charge in [-0.15, -0.1) is 0 Å². The van der Waals surface area contributed by atoms with E-state index in [2.05, 4.69) is 0 Å². The molecule has 0 radical (unpaired) electrons. The third kappa shape index (κ3) is 4.38. The number of halogens is 4. The highest BCUT2D eigenvalue weighted by Gasteiger charge is 2.39. The van der Waals surface area contributed by atoms with Crippen molar-refractivity contribution in [2.45, 2.75) is 38.0 Å². The predicted molar refractivity (Wildman–Crippen MR) is 95.2 cm³/mol. The van der Waals surface area contributed by atoms with Crippen molar-refractivity contribution in [1.29, 1.82) is 0 Å². The molecule has 142 valence electrons. The Kier molecular flexibility index (Phi) is 5.35. The third-order valence-electron chi connectivity index (χ3n) is 4.63. The van der Waals surface area contributed by atoms with Crippen LogP contribution in [0.4, 0.5) is 17.6 Å². The van der Waals surface area contributed by atoms with Crippen LogP contribution < -0.4 is 0 Å². The second kappa shape index (κ2) is 7.55. The minimum absolute atomic E-state index is 0.0763. The molecule has 0 saturated heterocycles. The van der Waals surface area contributed by atoms with E-state index in [-0.39, 0.29) is 11.6 Å². The molecule has 0 bridgehead atoms. The quantitative estimate of drug-likeness (QED) is 0.496. The van der Waals surface area contributed by atoms with Crippen LogP contribution >= 0.6 is 0 Å². The van der Waals surface area contributed by atoms with Crippen molar-refractivity contribution in [2.24, 2.45) is 0 Å². The van der Waals surface area contributed by atoms with Crippen LogP contribution in [0.5, 0.6) is 0 Å². The number of hydrogen-bond acceptors (Lipinski definition) is 1. The van der Waals surface area contributed by atoms with Crippen LogP contribution in [0.25, 0.3) is 5.57 Å². The molecule has 1 unspecified atom stereocenters. The predicted octanol–water partition coefficient (Wildman–Crippen LogP) is 5.52. The molecule has 2 aromatic carbocycles. The normalized spacial score (nSPS) is 16.1. The van der Waals surface area contributed by atoms with Crippen LogP contribution in [0, 0.1) is 5.82 Å². The standard InChI is InChI=1S/C21H19F4NO/c1-14(17-9-5-6-10-19(17)22)26(16-11-12-16)20(27)13-18(21(23,24)25)15-7-3-2-4-8-15/h2-10,13-14,16H,11-12H2,1H3/b18-13-. The average Bonchev–Trinajstić information content (AvgIpc) is 3.45. The number of nitrogens with zero attached hydrogens (tertiary/aromatic N) is 1. The zero-order valence-corrected chi connectivity index (χ0v) is 14.7. The fraction of sp³-hybridized carbons (Fsp3) is 0.286. The number of allylic oxidation sites excluding steroid dienone is 1. The van der Waals surface area contributed by atoms with Crippen LogP contribution in [0.1, 0.15) is 36.9 Å². The summed E-state index contributed by atoms with van der Waals surface area (Å²) in [6.07, 6.45) is -2.64. The van der Waals surface area contributed by atoms with Crippen molar-refractivity contribution in [1.82, 2.24) is 4.90 Å². The van der Waals surface area contributed by atoms with Gasteiger partial charge >= 0.3 is 6.18 Å². The largest absolute Gasteiger partial charge is 0.417 e. The topological polar surface area (TPSA) is 20.3 Å². The first-order valence-corrected chi connectivity index (χ1v) is 8.70. The van der Waals surface area contributed by atoms with E-state index in [9.17, 15) is 22.4 Å². The molecule has 1 fully saturated rings. The van der Waals surface area contributed by atoms with Gasteiger partial charge in [0.1, 0.15) is 5.82 Å². The fourth-order valence-electron chi connectivity index (χ4n) is 3.15. The van der Waals surface area contributed by atoms with Gasteiger partial charge < -0.3 is 4.90 Å². The zero-order valence-electron chi connectivity index (χ0n) is 14.7. The van der Waals surface area contributed by atoms with Crippen LogP contribution in [-0.2, 0) is 4.79 Å². The zero-order chi connectivity index (χ0) is 19.6. The molecular weight excluding hydrogens is 358 g/mol. The highest BCUT2D eigenvalue weighted by molar-refractivity contribution is 5.96. The molecule has 0 aromatic heterocycles. The van der Waals surface area contributed by atoms with Crippen LogP contribution in [0.3, 0.4) is 0 Å². The molecular formula is C21H19F4NO. The van der Waals surface area contributed by atoms with Crippen molar-refractivity contribution < 1.29 is 22.4 Å². The lowest BCUT2D eigenvalue weighted by molar-refractivity contribution is -0.129. The molecule has 6 heteroatoms. The Labute approximate surface area is 155 Å². The molecule has 1 aliphatic carbocycles. The molecule has 1 atom stereocenters. The number of alkyl halides is 3. The number of amides is 1. The minimum atomic E-state index is -4.67. The van der Waals surface area contributed by atoms with E-state index in [1.165, 1.54) is 41.3 Å². The minimum Gasteiger partial charge on any atom is -0.329 e. The van der Waals surface area contributed by atoms with Gasteiger partial charge in [-0.1, -0.05) is 48.5 Å². The van der Waals surface area contributed by atoms with Gasteiger partial charge in [-0.05, 0) is 31.4 Å². The van der Waals surface area contributed by atoms with Gasteiger partial charge in [-0.25, -0.2) is 4.39 Å². The summed E-state index contributed by atoms with van der Waals surface area (Å²) in [6, 6.07) is 12.4. The number of carbonyl (C=O) groups is 1. The maximum Gasteiger partial charge on any atom is 0.417 e. The molecule has 1 amide bonds. The maximum absolute atomic E-state index is 14.1. The van der Waals surface area contributed by atoms with E-state index in [4.69, 9.17) is 0 Å².